The van der Waals surface area contributed by atoms with Crippen LogP contribution in [0.2, 0.25) is 5.02 Å². The summed E-state index contributed by atoms with van der Waals surface area (Å²) >= 11 is 6.06. The maximum absolute atomic E-state index is 13.1. The van der Waals surface area contributed by atoms with Crippen molar-refractivity contribution < 1.29 is 37.2 Å². The van der Waals surface area contributed by atoms with E-state index >= 15 is 0 Å². The van der Waals surface area contributed by atoms with Crippen LogP contribution >= 0.6 is 11.6 Å². The Hall–Kier alpha value is -2.41. The number of nitrogens with one attached hydrogen (secondary N) is 3. The lowest BCUT2D eigenvalue weighted by atomic mass is 9.97. The molecule has 4 atom stereocenters. The minimum absolute atomic E-state index is 0.0468. The van der Waals surface area contributed by atoms with Gasteiger partial charge in [0.25, 0.3) is 10.1 Å². The fourth-order valence-electron chi connectivity index (χ4n) is 4.30. The highest BCUT2D eigenvalue weighted by molar-refractivity contribution is 7.86. The van der Waals surface area contributed by atoms with Gasteiger partial charge >= 0.3 is 6.09 Å². The smallest absolute Gasteiger partial charge is 0.408 e. The van der Waals surface area contributed by atoms with Crippen LogP contribution in [-0.4, -0.2) is 60.0 Å². The molecule has 200 valence electrons. The Labute approximate surface area is 215 Å². The minimum Gasteiger partial charge on any atom is -0.438 e. The first-order valence-corrected chi connectivity index (χ1v) is 13.7. The predicted molar refractivity (Wildman–Crippen MR) is 130 cm³/mol. The number of amides is 3. The van der Waals surface area contributed by atoms with Crippen LogP contribution in [0.5, 0.6) is 0 Å². The second kappa shape index (κ2) is 11.3. The summed E-state index contributed by atoms with van der Waals surface area (Å²) in [6, 6.07) is 4.36. The molecule has 2 fully saturated rings. The van der Waals surface area contributed by atoms with Gasteiger partial charge in [-0.2, -0.15) is 8.42 Å². The molecule has 0 spiro atoms. The van der Waals surface area contributed by atoms with Gasteiger partial charge in [-0.3, -0.25) is 14.1 Å². The van der Waals surface area contributed by atoms with Gasteiger partial charge in [0.05, 0.1) is 6.04 Å². The van der Waals surface area contributed by atoms with E-state index in [1.807, 2.05) is 13.8 Å². The average molecular weight is 546 g/mol. The van der Waals surface area contributed by atoms with Gasteiger partial charge in [-0.1, -0.05) is 37.6 Å². The number of alkyl carbamates (subject to hydrolysis) is 1. The molecule has 1 heterocycles. The first-order valence-electron chi connectivity index (χ1n) is 11.8. The van der Waals surface area contributed by atoms with Gasteiger partial charge in [-0.25, -0.2) is 4.79 Å². The van der Waals surface area contributed by atoms with Crippen molar-refractivity contribution in [1.82, 2.24) is 16.0 Å². The molecule has 1 aromatic carbocycles. The van der Waals surface area contributed by atoms with Crippen molar-refractivity contribution >= 4 is 39.6 Å². The summed E-state index contributed by atoms with van der Waals surface area (Å²) in [6.07, 6.45) is 0.700. The molecule has 13 heteroatoms. The normalized spacial score (nSPS) is 21.3. The Morgan fingerprint density at radius 2 is 1.97 bits per heavy atom. The zero-order chi connectivity index (χ0) is 26.7. The number of hydrogen-bond acceptors (Lipinski definition) is 7. The van der Waals surface area contributed by atoms with Crippen molar-refractivity contribution in [3.8, 4) is 0 Å². The summed E-state index contributed by atoms with van der Waals surface area (Å²) in [4.78, 5) is 37.9. The number of carbonyl (C=O) groups is 3. The van der Waals surface area contributed by atoms with Crippen LogP contribution in [0.4, 0.5) is 4.79 Å². The van der Waals surface area contributed by atoms with E-state index in [2.05, 4.69) is 16.0 Å². The van der Waals surface area contributed by atoms with E-state index < -0.39 is 51.2 Å². The Morgan fingerprint density at radius 3 is 2.50 bits per heavy atom. The van der Waals surface area contributed by atoms with Gasteiger partial charge in [0.15, 0.2) is 0 Å². The Morgan fingerprint density at radius 1 is 1.28 bits per heavy atom. The lowest BCUT2D eigenvalue weighted by Gasteiger charge is -2.28. The Balaban J connectivity index is 1.71. The molecule has 1 aliphatic carbocycles. The first kappa shape index (κ1) is 28.2. The van der Waals surface area contributed by atoms with Gasteiger partial charge in [-0.15, -0.1) is 0 Å². The maximum atomic E-state index is 13.1. The average Bonchev–Trinajstić information content (AvgIpc) is 3.45. The van der Waals surface area contributed by atoms with Crippen LogP contribution in [0.1, 0.15) is 51.5 Å². The lowest BCUT2D eigenvalue weighted by Crippen LogP contribution is -2.55. The lowest BCUT2D eigenvalue weighted by molar-refractivity contribution is -0.126. The second-order valence-electron chi connectivity index (χ2n) is 9.75. The molecule has 3 rings (SSSR count). The van der Waals surface area contributed by atoms with Crippen LogP contribution in [0.25, 0.3) is 0 Å². The summed E-state index contributed by atoms with van der Waals surface area (Å²) in [5, 5.41) is 18.2. The molecule has 3 amide bonds. The fourth-order valence-corrected chi connectivity index (χ4v) is 5.09. The third-order valence-electron chi connectivity index (χ3n) is 6.34. The Kier molecular flexibility index (Phi) is 8.86. The highest BCUT2D eigenvalue weighted by Gasteiger charge is 2.49. The predicted octanol–water partition coefficient (Wildman–Crippen LogP) is 1.69. The van der Waals surface area contributed by atoms with Crippen LogP contribution in [0.3, 0.4) is 0 Å². The minimum atomic E-state index is -4.94. The van der Waals surface area contributed by atoms with E-state index in [0.717, 1.165) is 5.56 Å². The van der Waals surface area contributed by atoms with Crippen LogP contribution < -0.4 is 16.0 Å². The molecule has 2 aliphatic rings. The van der Waals surface area contributed by atoms with E-state index in [9.17, 15) is 32.5 Å². The van der Waals surface area contributed by atoms with E-state index in [-0.39, 0.29) is 24.7 Å². The van der Waals surface area contributed by atoms with Gasteiger partial charge < -0.3 is 25.8 Å². The van der Waals surface area contributed by atoms with Crippen molar-refractivity contribution in [3.63, 3.8) is 0 Å². The Bertz CT molecular complexity index is 1090. The van der Waals surface area contributed by atoms with E-state index in [1.54, 1.807) is 24.3 Å². The highest BCUT2D eigenvalue weighted by Crippen LogP contribution is 2.49. The van der Waals surface area contributed by atoms with Gasteiger partial charge in [-0.05, 0) is 55.7 Å². The molecular formula is C23H32ClN3O8S. The summed E-state index contributed by atoms with van der Waals surface area (Å²) in [7, 11) is -4.94. The summed E-state index contributed by atoms with van der Waals surface area (Å²) in [5.41, 5.74) is -2.45. The van der Waals surface area contributed by atoms with Gasteiger partial charge in [0.2, 0.25) is 17.3 Å². The van der Waals surface area contributed by atoms with Crippen molar-refractivity contribution in [2.45, 2.75) is 69.1 Å². The SMILES string of the molecule is CC(C)C[C@H](NC(=O)OC1(c2cccc(Cl)c2)CC1)C(=O)N[C@@H](C[C@@H]1CCNC1=O)C(O)S(=O)(=O)O. The monoisotopic (exact) mass is 545 g/mol. The standard InChI is InChI=1S/C23H32ClN3O8S/c1-13(2)10-17(27-22(31)35-23(7-8-23)15-4-3-5-16(24)12-15)20(29)26-18(21(30)36(32,33)34)11-14-6-9-25-19(14)28/h3-5,12-14,17-18,21,30H,6-11H2,1-2H3,(H,25,28)(H,26,29)(H,27,31)(H,32,33,34)/t14-,17-,18-,21?/m0/s1. The van der Waals surface area contributed by atoms with Crippen LogP contribution in [0.15, 0.2) is 24.3 Å². The quantitative estimate of drug-likeness (QED) is 0.261. The number of rotatable bonds is 11. The van der Waals surface area contributed by atoms with Crippen molar-refractivity contribution in [3.05, 3.63) is 34.9 Å². The van der Waals surface area contributed by atoms with Crippen molar-refractivity contribution in [2.75, 3.05) is 6.54 Å². The third-order valence-corrected chi connectivity index (χ3v) is 7.51. The van der Waals surface area contributed by atoms with Crippen molar-refractivity contribution in [2.24, 2.45) is 11.8 Å². The first-order chi connectivity index (χ1) is 16.8. The van der Waals surface area contributed by atoms with Gasteiger partial charge in [0.1, 0.15) is 11.6 Å². The number of aliphatic hydroxyl groups excluding tert-OH is 1. The van der Waals surface area contributed by atoms with E-state index in [4.69, 9.17) is 16.3 Å². The van der Waals surface area contributed by atoms with Crippen LogP contribution in [-0.2, 0) is 30.0 Å². The summed E-state index contributed by atoms with van der Waals surface area (Å²) < 4.78 is 38.2. The molecule has 5 N–H and O–H groups in total. The molecular weight excluding hydrogens is 514 g/mol. The van der Waals surface area contributed by atoms with E-state index in [0.29, 0.717) is 30.8 Å². The second-order valence-corrected chi connectivity index (χ2v) is 11.7. The molecule has 0 radical (unpaired) electrons. The zero-order valence-electron chi connectivity index (χ0n) is 20.1. The molecule has 36 heavy (non-hydrogen) atoms. The molecule has 1 aromatic rings. The molecule has 1 unspecified atom stereocenters. The summed E-state index contributed by atoms with van der Waals surface area (Å²) in [5.74, 6) is -1.82. The number of halogens is 1. The summed E-state index contributed by atoms with van der Waals surface area (Å²) in [6.45, 7) is 4.04. The topological polar surface area (TPSA) is 171 Å². The number of aliphatic hydroxyl groups is 1. The zero-order valence-corrected chi connectivity index (χ0v) is 21.6. The molecule has 1 aliphatic heterocycles. The highest BCUT2D eigenvalue weighted by atomic mass is 35.5. The molecule has 0 bridgehead atoms. The van der Waals surface area contributed by atoms with Crippen LogP contribution in [0, 0.1) is 11.8 Å². The third kappa shape index (κ3) is 7.31. The molecule has 0 aromatic heterocycles. The largest absolute Gasteiger partial charge is 0.438 e. The molecule has 1 saturated carbocycles. The number of hydrogen-bond donors (Lipinski definition) is 5. The van der Waals surface area contributed by atoms with Crippen molar-refractivity contribution in [1.29, 1.82) is 0 Å². The number of ether oxygens (including phenoxy) is 1. The molecule has 1 saturated heterocycles. The van der Waals surface area contributed by atoms with Gasteiger partial charge in [0, 0.05) is 17.5 Å². The van der Waals surface area contributed by atoms with E-state index in [1.165, 1.54) is 0 Å². The number of benzene rings is 1. The maximum Gasteiger partial charge on any atom is 0.408 e. The number of carbonyl (C=O) groups excluding carboxylic acids is 3. The molecule has 11 nitrogen and oxygen atoms in total. The fraction of sp³-hybridized carbons (Fsp3) is 0.609.